The molecule has 2 aromatic heterocycles. The first-order valence-electron chi connectivity index (χ1n) is 20.3. The van der Waals surface area contributed by atoms with Crippen LogP contribution in [0.4, 0.5) is 0 Å². The number of hydrogen-bond acceptors (Lipinski definition) is 4. The molecule has 4 heteroatoms. The van der Waals surface area contributed by atoms with E-state index in [0.717, 1.165) is 55.4 Å². The Morgan fingerprint density at radius 1 is 0.250 bits per heavy atom. The van der Waals surface area contributed by atoms with Gasteiger partial charge in [-0.15, -0.1) is 0 Å². The van der Waals surface area contributed by atoms with Crippen LogP contribution in [0.25, 0.3) is 121 Å². The first-order valence-corrected chi connectivity index (χ1v) is 20.3. The third-order valence-corrected chi connectivity index (χ3v) is 11.9. The van der Waals surface area contributed by atoms with Crippen LogP contribution in [0, 0.1) is 0 Å². The van der Waals surface area contributed by atoms with E-state index in [1.165, 1.54) is 48.5 Å². The summed E-state index contributed by atoms with van der Waals surface area (Å²) in [6, 6.07) is 72.9. The number of benzene rings is 10. The van der Waals surface area contributed by atoms with Gasteiger partial charge in [0.2, 0.25) is 0 Å². The van der Waals surface area contributed by atoms with Crippen LogP contribution < -0.4 is 0 Å². The highest BCUT2D eigenvalue weighted by molar-refractivity contribution is 6.27. The van der Waals surface area contributed by atoms with Gasteiger partial charge in [0.25, 0.3) is 0 Å². The van der Waals surface area contributed by atoms with Crippen LogP contribution in [0.2, 0.25) is 0 Å². The SMILES string of the molecule is c1ccc(-c2nc(-c3ccccc3)nc(-c3ccc(-c4nc5c(-c6ccc7c8ccccc8c8ccccc8c7c6)cccc5c5c4ccc4ccccc45)cc3)n2)cc1. The van der Waals surface area contributed by atoms with E-state index < -0.39 is 0 Å². The fourth-order valence-electron chi connectivity index (χ4n) is 9.04. The van der Waals surface area contributed by atoms with Gasteiger partial charge in [-0.05, 0) is 54.7 Å². The van der Waals surface area contributed by atoms with Crippen molar-refractivity contribution in [3.8, 4) is 56.5 Å². The molecule has 0 radical (unpaired) electrons. The minimum atomic E-state index is 0.621. The van der Waals surface area contributed by atoms with Crippen molar-refractivity contribution in [2.24, 2.45) is 0 Å². The maximum atomic E-state index is 5.62. The molecule has 0 fully saturated rings. The van der Waals surface area contributed by atoms with Crippen LogP contribution >= 0.6 is 0 Å². The maximum absolute atomic E-state index is 5.62. The molecular formula is C56H34N4. The van der Waals surface area contributed by atoms with Crippen molar-refractivity contribution in [3.63, 3.8) is 0 Å². The van der Waals surface area contributed by atoms with Gasteiger partial charge in [0.15, 0.2) is 17.5 Å². The molecule has 278 valence electrons. The van der Waals surface area contributed by atoms with E-state index >= 15 is 0 Å². The highest BCUT2D eigenvalue weighted by atomic mass is 15.0. The third kappa shape index (κ3) is 5.53. The number of fused-ring (bicyclic) bond motifs is 11. The molecule has 0 aliphatic heterocycles. The second-order valence-corrected chi connectivity index (χ2v) is 15.3. The summed E-state index contributed by atoms with van der Waals surface area (Å²) in [6.07, 6.45) is 0. The van der Waals surface area contributed by atoms with E-state index in [1.54, 1.807) is 0 Å². The third-order valence-electron chi connectivity index (χ3n) is 11.9. The number of nitrogens with zero attached hydrogens (tertiary/aromatic N) is 4. The molecular weight excluding hydrogens is 729 g/mol. The Morgan fingerprint density at radius 3 is 1.32 bits per heavy atom. The minimum absolute atomic E-state index is 0.621. The number of para-hydroxylation sites is 1. The van der Waals surface area contributed by atoms with Gasteiger partial charge >= 0.3 is 0 Å². The van der Waals surface area contributed by atoms with Crippen molar-refractivity contribution < 1.29 is 0 Å². The molecule has 0 spiro atoms. The molecule has 0 bridgehead atoms. The molecule has 0 saturated carbocycles. The molecule has 0 N–H and O–H groups in total. The fraction of sp³-hybridized carbons (Fsp3) is 0. The van der Waals surface area contributed by atoms with Gasteiger partial charge in [-0.25, -0.2) is 19.9 Å². The smallest absolute Gasteiger partial charge is 0.164 e. The first kappa shape index (κ1) is 34.0. The zero-order valence-electron chi connectivity index (χ0n) is 32.4. The van der Waals surface area contributed by atoms with Crippen molar-refractivity contribution in [1.82, 2.24) is 19.9 Å². The van der Waals surface area contributed by atoms with Gasteiger partial charge in [0, 0.05) is 44.0 Å². The molecule has 12 rings (SSSR count). The maximum Gasteiger partial charge on any atom is 0.164 e. The molecule has 10 aromatic carbocycles. The lowest BCUT2D eigenvalue weighted by Crippen LogP contribution is -2.00. The number of pyridine rings is 1. The zero-order valence-corrected chi connectivity index (χ0v) is 32.4. The summed E-state index contributed by atoms with van der Waals surface area (Å²) in [6.45, 7) is 0. The summed E-state index contributed by atoms with van der Waals surface area (Å²) in [5.74, 6) is 1.90. The summed E-state index contributed by atoms with van der Waals surface area (Å²) in [5.41, 5.74) is 7.96. The van der Waals surface area contributed by atoms with Crippen LogP contribution in [-0.2, 0) is 0 Å². The fourth-order valence-corrected chi connectivity index (χ4v) is 9.04. The molecule has 4 nitrogen and oxygen atoms in total. The van der Waals surface area contributed by atoms with E-state index in [0.29, 0.717) is 17.5 Å². The van der Waals surface area contributed by atoms with Crippen LogP contribution in [0.15, 0.2) is 206 Å². The predicted octanol–water partition coefficient (Wildman–Crippen LogP) is 14.5. The highest BCUT2D eigenvalue weighted by Gasteiger charge is 2.18. The van der Waals surface area contributed by atoms with Crippen LogP contribution in [0.5, 0.6) is 0 Å². The number of aromatic nitrogens is 4. The first-order chi connectivity index (χ1) is 29.7. The molecule has 0 saturated heterocycles. The molecule has 0 atom stereocenters. The lowest BCUT2D eigenvalue weighted by atomic mass is 9.90. The highest BCUT2D eigenvalue weighted by Crippen LogP contribution is 2.42. The monoisotopic (exact) mass is 762 g/mol. The Kier molecular flexibility index (Phi) is 7.82. The second-order valence-electron chi connectivity index (χ2n) is 15.3. The molecule has 0 amide bonds. The minimum Gasteiger partial charge on any atom is -0.246 e. The van der Waals surface area contributed by atoms with Crippen LogP contribution in [-0.4, -0.2) is 19.9 Å². The predicted molar refractivity (Wildman–Crippen MR) is 250 cm³/mol. The van der Waals surface area contributed by atoms with Crippen LogP contribution in [0.1, 0.15) is 0 Å². The van der Waals surface area contributed by atoms with Gasteiger partial charge in [0.1, 0.15) is 0 Å². The van der Waals surface area contributed by atoms with E-state index in [9.17, 15) is 0 Å². The average Bonchev–Trinajstić information content (AvgIpc) is 3.33. The van der Waals surface area contributed by atoms with E-state index in [2.05, 4.69) is 146 Å². The van der Waals surface area contributed by atoms with Crippen molar-refractivity contribution in [2.45, 2.75) is 0 Å². The standard InChI is InChI=1S/C56H34N4/c1-3-15-37(16-4-1)54-58-55(38-17-5-2-6-18-38)60-56(59-54)39-28-26-36(27-29-39)52-49-33-30-35-14-7-8-19-41(35)51(49)48-25-13-24-42(53(48)57-52)40-31-32-47-45-22-10-9-20-43(45)44-21-11-12-23-46(44)50(47)34-40/h1-34H. The molecule has 0 aliphatic carbocycles. The molecule has 12 aromatic rings. The number of rotatable bonds is 5. The zero-order chi connectivity index (χ0) is 39.6. The molecule has 60 heavy (non-hydrogen) atoms. The van der Waals surface area contributed by atoms with E-state index in [-0.39, 0.29) is 0 Å². The Hall–Kier alpha value is -8.08. The van der Waals surface area contributed by atoms with E-state index in [4.69, 9.17) is 19.9 Å². The van der Waals surface area contributed by atoms with Crippen molar-refractivity contribution in [2.75, 3.05) is 0 Å². The van der Waals surface area contributed by atoms with E-state index in [1.807, 2.05) is 60.7 Å². The molecule has 0 unspecified atom stereocenters. The lowest BCUT2D eigenvalue weighted by Gasteiger charge is -2.16. The summed E-state index contributed by atoms with van der Waals surface area (Å²) < 4.78 is 0. The Balaban J connectivity index is 1.06. The van der Waals surface area contributed by atoms with Gasteiger partial charge < -0.3 is 0 Å². The normalized spacial score (nSPS) is 11.7. The van der Waals surface area contributed by atoms with Gasteiger partial charge in [0.05, 0.1) is 11.2 Å². The van der Waals surface area contributed by atoms with Gasteiger partial charge in [-0.3, -0.25) is 0 Å². The lowest BCUT2D eigenvalue weighted by molar-refractivity contribution is 1.07. The summed E-state index contributed by atoms with van der Waals surface area (Å²) >= 11 is 0. The Morgan fingerprint density at radius 2 is 0.700 bits per heavy atom. The van der Waals surface area contributed by atoms with Gasteiger partial charge in [-0.2, -0.15) is 0 Å². The number of hydrogen-bond donors (Lipinski definition) is 0. The topological polar surface area (TPSA) is 51.6 Å². The van der Waals surface area contributed by atoms with Crippen LogP contribution in [0.3, 0.4) is 0 Å². The Bertz CT molecular complexity index is 3540. The summed E-state index contributed by atoms with van der Waals surface area (Å²) in [4.78, 5) is 20.5. The molecule has 0 aliphatic rings. The van der Waals surface area contributed by atoms with Crippen molar-refractivity contribution in [3.05, 3.63) is 206 Å². The summed E-state index contributed by atoms with van der Waals surface area (Å²) in [5, 5.41) is 13.4. The Labute approximate surface area is 346 Å². The summed E-state index contributed by atoms with van der Waals surface area (Å²) in [7, 11) is 0. The van der Waals surface area contributed by atoms with Crippen molar-refractivity contribution in [1.29, 1.82) is 0 Å². The molecule has 2 heterocycles. The largest absolute Gasteiger partial charge is 0.246 e. The second kappa shape index (κ2) is 13.8. The van der Waals surface area contributed by atoms with Gasteiger partial charge in [-0.1, -0.05) is 200 Å². The average molecular weight is 763 g/mol. The van der Waals surface area contributed by atoms with Crippen molar-refractivity contribution >= 4 is 64.8 Å². The quantitative estimate of drug-likeness (QED) is 0.164.